The highest BCUT2D eigenvalue weighted by Crippen LogP contribution is 2.27. The molecular formula is C13H16Cl2N2. The fourth-order valence-corrected chi connectivity index (χ4v) is 2.44. The van der Waals surface area contributed by atoms with Gasteiger partial charge < -0.3 is 4.57 Å². The summed E-state index contributed by atoms with van der Waals surface area (Å²) in [5.41, 5.74) is 2.04. The van der Waals surface area contributed by atoms with Crippen molar-refractivity contribution in [3.05, 3.63) is 29.0 Å². The number of hydrogen-bond acceptors (Lipinski definition) is 1. The SMILES string of the molecule is CC(C)(C)n1c(CCCl)nc2cc(Cl)ccc21. The Balaban J connectivity index is 2.71. The van der Waals surface area contributed by atoms with Crippen molar-refractivity contribution in [3.8, 4) is 0 Å². The van der Waals surface area contributed by atoms with E-state index in [0.29, 0.717) is 10.9 Å². The maximum atomic E-state index is 6.00. The van der Waals surface area contributed by atoms with Crippen LogP contribution in [-0.2, 0) is 12.0 Å². The summed E-state index contributed by atoms with van der Waals surface area (Å²) in [4.78, 5) is 4.62. The van der Waals surface area contributed by atoms with Crippen LogP contribution >= 0.6 is 23.2 Å². The molecule has 0 spiro atoms. The molecule has 0 N–H and O–H groups in total. The number of alkyl halides is 1. The van der Waals surface area contributed by atoms with E-state index < -0.39 is 0 Å². The summed E-state index contributed by atoms with van der Waals surface area (Å²) in [6.07, 6.45) is 0.769. The molecule has 0 fully saturated rings. The molecule has 0 aliphatic heterocycles. The summed E-state index contributed by atoms with van der Waals surface area (Å²) in [6, 6.07) is 5.82. The summed E-state index contributed by atoms with van der Waals surface area (Å²) in [7, 11) is 0. The number of fused-ring (bicyclic) bond motifs is 1. The van der Waals surface area contributed by atoms with Crippen molar-refractivity contribution in [2.75, 3.05) is 5.88 Å². The normalized spacial score (nSPS) is 12.3. The van der Waals surface area contributed by atoms with E-state index in [4.69, 9.17) is 23.2 Å². The fourth-order valence-electron chi connectivity index (χ4n) is 2.10. The van der Waals surface area contributed by atoms with Crippen molar-refractivity contribution in [2.24, 2.45) is 0 Å². The summed E-state index contributed by atoms with van der Waals surface area (Å²) >= 11 is 11.8. The van der Waals surface area contributed by atoms with Gasteiger partial charge in [-0.25, -0.2) is 4.98 Å². The molecule has 92 valence electrons. The Labute approximate surface area is 112 Å². The topological polar surface area (TPSA) is 17.8 Å². The van der Waals surface area contributed by atoms with E-state index in [1.165, 1.54) is 0 Å². The van der Waals surface area contributed by atoms with Gasteiger partial charge in [-0.2, -0.15) is 0 Å². The molecular weight excluding hydrogens is 255 g/mol. The molecule has 1 heterocycles. The van der Waals surface area contributed by atoms with Crippen LogP contribution in [-0.4, -0.2) is 15.4 Å². The minimum absolute atomic E-state index is 0.00995. The van der Waals surface area contributed by atoms with E-state index in [9.17, 15) is 0 Å². The molecule has 0 aliphatic rings. The van der Waals surface area contributed by atoms with Crippen LogP contribution in [0.25, 0.3) is 11.0 Å². The summed E-state index contributed by atoms with van der Waals surface area (Å²) in [5.74, 6) is 1.59. The Morgan fingerprint density at radius 2 is 2.00 bits per heavy atom. The molecule has 1 aromatic carbocycles. The van der Waals surface area contributed by atoms with E-state index in [-0.39, 0.29) is 5.54 Å². The minimum Gasteiger partial charge on any atom is -0.323 e. The average Bonchev–Trinajstić information content (AvgIpc) is 2.54. The Bertz CT molecular complexity index is 538. The van der Waals surface area contributed by atoms with Crippen LogP contribution in [0.4, 0.5) is 0 Å². The monoisotopic (exact) mass is 270 g/mol. The van der Waals surface area contributed by atoms with Gasteiger partial charge in [0.15, 0.2) is 0 Å². The van der Waals surface area contributed by atoms with Crippen molar-refractivity contribution in [1.82, 2.24) is 9.55 Å². The highest BCUT2D eigenvalue weighted by atomic mass is 35.5. The predicted molar refractivity (Wildman–Crippen MR) is 74.2 cm³/mol. The first-order chi connectivity index (χ1) is 7.93. The second-order valence-corrected chi connectivity index (χ2v) is 5.92. The van der Waals surface area contributed by atoms with Gasteiger partial charge in [-0.3, -0.25) is 0 Å². The van der Waals surface area contributed by atoms with E-state index >= 15 is 0 Å². The molecule has 0 saturated carbocycles. The van der Waals surface area contributed by atoms with Gasteiger partial charge >= 0.3 is 0 Å². The van der Waals surface area contributed by atoms with Gasteiger partial charge in [0.05, 0.1) is 11.0 Å². The molecule has 2 rings (SSSR count). The van der Waals surface area contributed by atoms with Crippen LogP contribution < -0.4 is 0 Å². The van der Waals surface area contributed by atoms with Crippen LogP contribution in [0.5, 0.6) is 0 Å². The van der Waals surface area contributed by atoms with Crippen LogP contribution in [0.15, 0.2) is 18.2 Å². The zero-order valence-corrected chi connectivity index (χ0v) is 11.8. The maximum absolute atomic E-state index is 6.00. The van der Waals surface area contributed by atoms with Gasteiger partial charge in [0.25, 0.3) is 0 Å². The molecule has 17 heavy (non-hydrogen) atoms. The molecule has 0 bridgehead atoms. The summed E-state index contributed by atoms with van der Waals surface area (Å²) in [6.45, 7) is 6.50. The van der Waals surface area contributed by atoms with Gasteiger partial charge in [-0.15, -0.1) is 11.6 Å². The number of halogens is 2. The Hall–Kier alpha value is -0.730. The first-order valence-electron chi connectivity index (χ1n) is 5.67. The molecule has 2 nitrogen and oxygen atoms in total. The Morgan fingerprint density at radius 1 is 1.29 bits per heavy atom. The van der Waals surface area contributed by atoms with E-state index in [2.05, 4.69) is 30.3 Å². The quantitative estimate of drug-likeness (QED) is 0.747. The average molecular weight is 271 g/mol. The van der Waals surface area contributed by atoms with Crippen LogP contribution in [0.2, 0.25) is 5.02 Å². The lowest BCUT2D eigenvalue weighted by molar-refractivity contribution is 0.395. The largest absolute Gasteiger partial charge is 0.323 e. The number of aromatic nitrogens is 2. The smallest absolute Gasteiger partial charge is 0.111 e. The van der Waals surface area contributed by atoms with E-state index in [0.717, 1.165) is 23.3 Å². The lowest BCUT2D eigenvalue weighted by Gasteiger charge is -2.24. The molecule has 0 unspecified atom stereocenters. The molecule has 0 aliphatic carbocycles. The van der Waals surface area contributed by atoms with Gasteiger partial charge in [0, 0.05) is 22.9 Å². The first kappa shape index (κ1) is 12.7. The van der Waals surface area contributed by atoms with Crippen molar-refractivity contribution < 1.29 is 0 Å². The third-order valence-corrected chi connectivity index (χ3v) is 3.10. The first-order valence-corrected chi connectivity index (χ1v) is 6.58. The molecule has 0 amide bonds. The highest BCUT2D eigenvalue weighted by Gasteiger charge is 2.20. The number of nitrogens with zero attached hydrogens (tertiary/aromatic N) is 2. The Morgan fingerprint density at radius 3 is 2.59 bits per heavy atom. The molecule has 0 atom stereocenters. The Kier molecular flexibility index (Phi) is 3.37. The number of benzene rings is 1. The van der Waals surface area contributed by atoms with Gasteiger partial charge in [-0.05, 0) is 39.0 Å². The molecule has 0 radical (unpaired) electrons. The lowest BCUT2D eigenvalue weighted by atomic mass is 10.1. The molecule has 2 aromatic rings. The second-order valence-electron chi connectivity index (χ2n) is 5.11. The molecule has 4 heteroatoms. The van der Waals surface area contributed by atoms with Gasteiger partial charge in [0.1, 0.15) is 5.82 Å². The minimum atomic E-state index is -0.00995. The van der Waals surface area contributed by atoms with Crippen molar-refractivity contribution >= 4 is 34.2 Å². The molecule has 1 aromatic heterocycles. The number of rotatable bonds is 2. The van der Waals surface area contributed by atoms with E-state index in [1.54, 1.807) is 0 Å². The molecule has 0 saturated heterocycles. The van der Waals surface area contributed by atoms with Gasteiger partial charge in [-0.1, -0.05) is 11.6 Å². The number of imidazole rings is 1. The van der Waals surface area contributed by atoms with Crippen molar-refractivity contribution in [1.29, 1.82) is 0 Å². The fraction of sp³-hybridized carbons (Fsp3) is 0.462. The van der Waals surface area contributed by atoms with Crippen LogP contribution in [0, 0.1) is 0 Å². The highest BCUT2D eigenvalue weighted by molar-refractivity contribution is 6.31. The zero-order valence-electron chi connectivity index (χ0n) is 10.3. The van der Waals surface area contributed by atoms with Crippen LogP contribution in [0.1, 0.15) is 26.6 Å². The van der Waals surface area contributed by atoms with E-state index in [1.807, 2.05) is 18.2 Å². The predicted octanol–water partition coefficient (Wildman–Crippen LogP) is 4.23. The second kappa shape index (κ2) is 4.51. The summed E-state index contributed by atoms with van der Waals surface area (Å²) in [5, 5.41) is 0.716. The third-order valence-electron chi connectivity index (χ3n) is 2.67. The summed E-state index contributed by atoms with van der Waals surface area (Å²) < 4.78 is 2.24. The van der Waals surface area contributed by atoms with Crippen molar-refractivity contribution in [3.63, 3.8) is 0 Å². The third kappa shape index (κ3) is 2.43. The zero-order chi connectivity index (χ0) is 12.6. The van der Waals surface area contributed by atoms with Crippen LogP contribution in [0.3, 0.4) is 0 Å². The number of hydrogen-bond donors (Lipinski definition) is 0. The standard InChI is InChI=1S/C13H16Cl2N2/c1-13(2,3)17-11-5-4-9(15)8-10(11)16-12(17)6-7-14/h4-5,8H,6-7H2,1-3H3. The van der Waals surface area contributed by atoms with Gasteiger partial charge in [0.2, 0.25) is 0 Å². The van der Waals surface area contributed by atoms with Crippen molar-refractivity contribution in [2.45, 2.75) is 32.7 Å². The maximum Gasteiger partial charge on any atom is 0.111 e. The number of aryl methyl sites for hydroxylation is 1. The lowest BCUT2D eigenvalue weighted by Crippen LogP contribution is -2.24.